The van der Waals surface area contributed by atoms with E-state index in [1.54, 1.807) is 0 Å². The van der Waals surface area contributed by atoms with E-state index >= 15 is 0 Å². The minimum absolute atomic E-state index is 0.0538. The second-order valence-corrected chi connectivity index (χ2v) is 7.66. The summed E-state index contributed by atoms with van der Waals surface area (Å²) in [4.78, 5) is 29.4. The van der Waals surface area contributed by atoms with Crippen molar-refractivity contribution < 1.29 is 14.3 Å². The number of rotatable bonds is 5. The summed E-state index contributed by atoms with van der Waals surface area (Å²) in [6.07, 6.45) is 5.70. The summed E-state index contributed by atoms with van der Waals surface area (Å²) in [5, 5.41) is 3.04. The number of nitrogens with one attached hydrogen (secondary N) is 1. The molecule has 6 nitrogen and oxygen atoms in total. The number of ether oxygens (including phenoxy) is 1. The van der Waals surface area contributed by atoms with E-state index in [0.717, 1.165) is 55.5 Å². The van der Waals surface area contributed by atoms with Gasteiger partial charge in [0.25, 0.3) is 0 Å². The smallest absolute Gasteiger partial charge is 0.307 e. The van der Waals surface area contributed by atoms with Crippen molar-refractivity contribution in [3.63, 3.8) is 0 Å². The fourth-order valence-corrected chi connectivity index (χ4v) is 4.71. The van der Waals surface area contributed by atoms with Gasteiger partial charge in [-0.15, -0.1) is 0 Å². The highest BCUT2D eigenvalue weighted by Gasteiger charge is 2.52. The van der Waals surface area contributed by atoms with Gasteiger partial charge >= 0.3 is 5.97 Å². The number of carbonyl (C=O) groups excluding carboxylic acids is 2. The van der Waals surface area contributed by atoms with Crippen LogP contribution in [0.5, 0.6) is 0 Å². The number of benzene rings is 1. The van der Waals surface area contributed by atoms with Crippen LogP contribution in [0.1, 0.15) is 51.3 Å². The Morgan fingerprint density at radius 3 is 2.85 bits per heavy atom. The third-order valence-corrected chi connectivity index (χ3v) is 6.04. The number of carbonyl (C=O) groups is 2. The Balaban J connectivity index is 1.42. The maximum atomic E-state index is 12.8. The van der Waals surface area contributed by atoms with E-state index in [1.807, 2.05) is 18.2 Å². The molecule has 0 unspecified atom stereocenters. The van der Waals surface area contributed by atoms with Gasteiger partial charge < -0.3 is 14.6 Å². The lowest BCUT2D eigenvalue weighted by molar-refractivity contribution is -0.153. The predicted octanol–water partition coefficient (Wildman–Crippen LogP) is 2.98. The van der Waals surface area contributed by atoms with Gasteiger partial charge in [0, 0.05) is 19.5 Å². The van der Waals surface area contributed by atoms with Crippen LogP contribution < -0.4 is 5.32 Å². The number of hydrogen-bond donors (Lipinski definition) is 1. The van der Waals surface area contributed by atoms with Crippen LogP contribution >= 0.6 is 0 Å². The van der Waals surface area contributed by atoms with Gasteiger partial charge in [-0.1, -0.05) is 18.6 Å². The van der Waals surface area contributed by atoms with Crippen LogP contribution in [0.15, 0.2) is 24.3 Å². The van der Waals surface area contributed by atoms with Crippen molar-refractivity contribution in [3.05, 3.63) is 30.1 Å². The van der Waals surface area contributed by atoms with Gasteiger partial charge in [-0.25, -0.2) is 4.98 Å². The zero-order valence-electron chi connectivity index (χ0n) is 15.9. The van der Waals surface area contributed by atoms with Crippen LogP contribution in [0, 0.1) is 5.92 Å². The van der Waals surface area contributed by atoms with E-state index < -0.39 is 5.60 Å². The molecule has 1 atom stereocenters. The lowest BCUT2D eigenvalue weighted by atomic mass is 9.75. The highest BCUT2D eigenvalue weighted by Crippen LogP contribution is 2.44. The summed E-state index contributed by atoms with van der Waals surface area (Å²) in [5.41, 5.74) is 1.55. The Hall–Kier alpha value is -2.37. The summed E-state index contributed by atoms with van der Waals surface area (Å²) in [6.45, 7) is 3.46. The molecule has 1 spiro atoms. The van der Waals surface area contributed by atoms with E-state index in [2.05, 4.69) is 22.9 Å². The highest BCUT2D eigenvalue weighted by molar-refractivity contribution is 5.87. The van der Waals surface area contributed by atoms with Crippen LogP contribution in [-0.4, -0.2) is 33.6 Å². The van der Waals surface area contributed by atoms with Gasteiger partial charge in [0.15, 0.2) is 0 Å². The first-order chi connectivity index (χ1) is 13.1. The molecule has 4 rings (SSSR count). The minimum atomic E-state index is -0.560. The second kappa shape index (κ2) is 7.33. The molecule has 1 N–H and O–H groups in total. The fraction of sp³-hybridized carbons (Fsp3) is 0.571. The summed E-state index contributed by atoms with van der Waals surface area (Å²) in [6, 6.07) is 8.09. The predicted molar refractivity (Wildman–Crippen MR) is 102 cm³/mol. The number of amides is 1. The van der Waals surface area contributed by atoms with Crippen molar-refractivity contribution in [1.29, 1.82) is 0 Å². The first kappa shape index (κ1) is 18.0. The van der Waals surface area contributed by atoms with E-state index in [-0.39, 0.29) is 24.2 Å². The molecule has 1 saturated carbocycles. The molecule has 1 aliphatic heterocycles. The van der Waals surface area contributed by atoms with Crippen LogP contribution in [0.4, 0.5) is 0 Å². The quantitative estimate of drug-likeness (QED) is 0.823. The van der Waals surface area contributed by atoms with Crippen LogP contribution in [0.25, 0.3) is 11.0 Å². The molecule has 27 heavy (non-hydrogen) atoms. The fourth-order valence-electron chi connectivity index (χ4n) is 4.71. The molecule has 1 amide bonds. The molecule has 144 valence electrons. The SMILES string of the molecule is CCn1c(CCNC(=O)[C@H]2CC(=O)OC23CCCCC3)nc2ccccc21. The van der Waals surface area contributed by atoms with Crippen molar-refractivity contribution in [2.75, 3.05) is 6.54 Å². The Morgan fingerprint density at radius 2 is 2.07 bits per heavy atom. The molecular weight excluding hydrogens is 342 g/mol. The molecule has 1 aliphatic carbocycles. The molecule has 1 saturated heterocycles. The maximum Gasteiger partial charge on any atom is 0.307 e. The zero-order valence-corrected chi connectivity index (χ0v) is 15.9. The lowest BCUT2D eigenvalue weighted by Crippen LogP contribution is -2.46. The van der Waals surface area contributed by atoms with Gasteiger partial charge in [0.2, 0.25) is 5.91 Å². The van der Waals surface area contributed by atoms with E-state index in [0.29, 0.717) is 13.0 Å². The zero-order chi connectivity index (χ0) is 18.9. The van der Waals surface area contributed by atoms with E-state index in [1.165, 1.54) is 0 Å². The monoisotopic (exact) mass is 369 g/mol. The number of nitrogens with zero attached hydrogens (tertiary/aromatic N) is 2. The van der Waals surface area contributed by atoms with Crippen LogP contribution in [-0.2, 0) is 27.3 Å². The van der Waals surface area contributed by atoms with Crippen molar-refractivity contribution in [2.24, 2.45) is 5.92 Å². The van der Waals surface area contributed by atoms with Crippen molar-refractivity contribution in [2.45, 2.75) is 64.0 Å². The third-order valence-electron chi connectivity index (χ3n) is 6.04. The number of esters is 1. The number of hydrogen-bond acceptors (Lipinski definition) is 4. The Kier molecular flexibility index (Phi) is 4.89. The van der Waals surface area contributed by atoms with Crippen molar-refractivity contribution in [3.8, 4) is 0 Å². The Bertz CT molecular complexity index is 851. The van der Waals surface area contributed by atoms with Crippen LogP contribution in [0.2, 0.25) is 0 Å². The minimum Gasteiger partial charge on any atom is -0.458 e. The average Bonchev–Trinajstić information content (AvgIpc) is 3.19. The highest BCUT2D eigenvalue weighted by atomic mass is 16.6. The maximum absolute atomic E-state index is 12.8. The first-order valence-corrected chi connectivity index (χ1v) is 10.1. The van der Waals surface area contributed by atoms with E-state index in [9.17, 15) is 9.59 Å². The molecule has 1 aromatic carbocycles. The molecular formula is C21H27N3O3. The lowest BCUT2D eigenvalue weighted by Gasteiger charge is -2.36. The van der Waals surface area contributed by atoms with Gasteiger partial charge in [-0.3, -0.25) is 9.59 Å². The second-order valence-electron chi connectivity index (χ2n) is 7.66. The molecule has 6 heteroatoms. The molecule has 2 aliphatic rings. The van der Waals surface area contributed by atoms with Crippen molar-refractivity contribution in [1.82, 2.24) is 14.9 Å². The number of imidazole rings is 1. The molecule has 0 radical (unpaired) electrons. The summed E-state index contributed by atoms with van der Waals surface area (Å²) < 4.78 is 7.84. The number of fused-ring (bicyclic) bond motifs is 1. The van der Waals surface area contributed by atoms with Crippen LogP contribution in [0.3, 0.4) is 0 Å². The first-order valence-electron chi connectivity index (χ1n) is 10.1. The number of aromatic nitrogens is 2. The Morgan fingerprint density at radius 1 is 1.30 bits per heavy atom. The molecule has 0 bridgehead atoms. The van der Waals surface area contributed by atoms with E-state index in [4.69, 9.17) is 9.72 Å². The van der Waals surface area contributed by atoms with Gasteiger partial charge in [-0.2, -0.15) is 0 Å². The molecule has 2 aromatic rings. The van der Waals surface area contributed by atoms with Gasteiger partial charge in [0.1, 0.15) is 11.4 Å². The average molecular weight is 369 g/mol. The molecule has 1 aromatic heterocycles. The molecule has 2 fully saturated rings. The summed E-state index contributed by atoms with van der Waals surface area (Å²) in [7, 11) is 0. The van der Waals surface area contributed by atoms with Crippen molar-refractivity contribution >= 4 is 22.9 Å². The number of aryl methyl sites for hydroxylation is 1. The van der Waals surface area contributed by atoms with Gasteiger partial charge in [-0.05, 0) is 44.7 Å². The summed E-state index contributed by atoms with van der Waals surface area (Å²) >= 11 is 0. The number of para-hydroxylation sites is 2. The standard InChI is InChI=1S/C21H27N3O3/c1-2-24-17-9-5-4-8-16(17)23-18(24)10-13-22-20(26)15-14-19(25)27-21(15)11-6-3-7-12-21/h4-5,8-9,15H,2-3,6-7,10-14H2,1H3,(H,22,26)/t15-/m1/s1. The largest absolute Gasteiger partial charge is 0.458 e. The van der Waals surface area contributed by atoms with Gasteiger partial charge in [0.05, 0.1) is 23.4 Å². The summed E-state index contributed by atoms with van der Waals surface area (Å²) in [5.74, 6) is 0.340. The topological polar surface area (TPSA) is 73.2 Å². The normalized spacial score (nSPS) is 21.5. The molecule has 2 heterocycles. The third kappa shape index (κ3) is 3.33. The Labute approximate surface area is 159 Å².